The maximum Gasteiger partial charge on any atom is 0.223 e. The number of aryl methyl sites for hydroxylation is 2. The van der Waals surface area contributed by atoms with E-state index in [0.717, 1.165) is 17.0 Å². The molecule has 0 aromatic carbocycles. The molecule has 0 aliphatic carbocycles. The van der Waals surface area contributed by atoms with E-state index in [1.165, 1.54) is 0 Å². The average Bonchev–Trinajstić information content (AvgIpc) is 2.56. The highest BCUT2D eigenvalue weighted by atomic mass is 16.2. The zero-order chi connectivity index (χ0) is 12.4. The summed E-state index contributed by atoms with van der Waals surface area (Å²) in [7, 11) is 0. The second-order valence-corrected chi connectivity index (χ2v) is 4.55. The summed E-state index contributed by atoms with van der Waals surface area (Å²) in [6.45, 7) is 5.16. The van der Waals surface area contributed by atoms with Gasteiger partial charge in [-0.2, -0.15) is 10.4 Å². The van der Waals surface area contributed by atoms with Gasteiger partial charge in [-0.15, -0.1) is 0 Å². The van der Waals surface area contributed by atoms with Gasteiger partial charge in [0, 0.05) is 31.6 Å². The van der Waals surface area contributed by atoms with Crippen LogP contribution in [-0.2, 0) is 11.2 Å². The Labute approximate surface area is 100 Å². The summed E-state index contributed by atoms with van der Waals surface area (Å²) >= 11 is 0. The largest absolute Gasteiger partial charge is 0.340 e. The van der Waals surface area contributed by atoms with Crippen LogP contribution in [0.1, 0.15) is 23.4 Å². The van der Waals surface area contributed by atoms with E-state index in [1.54, 1.807) is 4.90 Å². The third-order valence-electron chi connectivity index (χ3n) is 3.35. The third-order valence-corrected chi connectivity index (χ3v) is 3.35. The monoisotopic (exact) mass is 232 g/mol. The molecule has 0 radical (unpaired) electrons. The number of nitrogens with zero attached hydrogens (tertiary/aromatic N) is 3. The molecule has 1 aromatic rings. The highest BCUT2D eigenvalue weighted by Crippen LogP contribution is 2.17. The minimum absolute atomic E-state index is 0.0355. The Morgan fingerprint density at radius 1 is 1.59 bits per heavy atom. The molecule has 1 aromatic heterocycles. The van der Waals surface area contributed by atoms with Gasteiger partial charge in [-0.3, -0.25) is 9.89 Å². The number of rotatable bonds is 3. The number of hydrogen-bond acceptors (Lipinski definition) is 3. The van der Waals surface area contributed by atoms with Crippen LogP contribution in [0.2, 0.25) is 0 Å². The normalized spacial score (nSPS) is 15.5. The van der Waals surface area contributed by atoms with E-state index in [9.17, 15) is 4.79 Å². The Bertz CT molecular complexity index is 465. The predicted molar refractivity (Wildman–Crippen MR) is 62.1 cm³/mol. The summed E-state index contributed by atoms with van der Waals surface area (Å²) < 4.78 is 0. The SMILES string of the molecule is Cc1[nH]nc(CCC(=O)N2CC(C#N)C2)c1C. The van der Waals surface area contributed by atoms with Crippen molar-refractivity contribution in [3.63, 3.8) is 0 Å². The fourth-order valence-electron chi connectivity index (χ4n) is 1.93. The van der Waals surface area contributed by atoms with E-state index < -0.39 is 0 Å². The van der Waals surface area contributed by atoms with Crippen molar-refractivity contribution in [2.75, 3.05) is 13.1 Å². The highest BCUT2D eigenvalue weighted by molar-refractivity contribution is 5.77. The van der Waals surface area contributed by atoms with E-state index in [4.69, 9.17) is 5.26 Å². The van der Waals surface area contributed by atoms with Gasteiger partial charge in [0.15, 0.2) is 0 Å². The van der Waals surface area contributed by atoms with Gasteiger partial charge < -0.3 is 4.90 Å². The van der Waals surface area contributed by atoms with E-state index in [0.29, 0.717) is 25.9 Å². The Hall–Kier alpha value is -1.83. The molecule has 2 rings (SSSR count). The molecule has 0 atom stereocenters. The van der Waals surface area contributed by atoms with Crippen molar-refractivity contribution in [1.82, 2.24) is 15.1 Å². The molecular weight excluding hydrogens is 216 g/mol. The number of nitriles is 1. The molecule has 2 heterocycles. The first-order valence-corrected chi connectivity index (χ1v) is 5.79. The molecule has 0 unspecified atom stereocenters. The van der Waals surface area contributed by atoms with Crippen LogP contribution in [0.25, 0.3) is 0 Å². The van der Waals surface area contributed by atoms with Crippen LogP contribution >= 0.6 is 0 Å². The van der Waals surface area contributed by atoms with E-state index in [1.807, 2.05) is 13.8 Å². The van der Waals surface area contributed by atoms with E-state index >= 15 is 0 Å². The highest BCUT2D eigenvalue weighted by Gasteiger charge is 2.29. The Morgan fingerprint density at radius 2 is 2.29 bits per heavy atom. The van der Waals surface area contributed by atoms with Crippen molar-refractivity contribution in [1.29, 1.82) is 5.26 Å². The zero-order valence-electron chi connectivity index (χ0n) is 10.2. The number of H-pyrrole nitrogens is 1. The molecule has 1 amide bonds. The van der Waals surface area contributed by atoms with Crippen molar-refractivity contribution in [2.24, 2.45) is 5.92 Å². The number of amides is 1. The molecule has 5 heteroatoms. The molecular formula is C12H16N4O. The number of nitrogens with one attached hydrogen (secondary N) is 1. The average molecular weight is 232 g/mol. The second-order valence-electron chi connectivity index (χ2n) is 4.55. The number of likely N-dealkylation sites (tertiary alicyclic amines) is 1. The molecule has 1 aliphatic heterocycles. The van der Waals surface area contributed by atoms with Gasteiger partial charge in [-0.1, -0.05) is 0 Å². The van der Waals surface area contributed by atoms with Crippen LogP contribution in [0.15, 0.2) is 0 Å². The maximum absolute atomic E-state index is 11.8. The van der Waals surface area contributed by atoms with Gasteiger partial charge in [0.2, 0.25) is 5.91 Å². The molecule has 5 nitrogen and oxygen atoms in total. The first kappa shape index (κ1) is 11.6. The van der Waals surface area contributed by atoms with Crippen molar-refractivity contribution >= 4 is 5.91 Å². The fourth-order valence-corrected chi connectivity index (χ4v) is 1.93. The minimum atomic E-state index is 0.0355. The number of hydrogen-bond donors (Lipinski definition) is 1. The Morgan fingerprint density at radius 3 is 2.82 bits per heavy atom. The van der Waals surface area contributed by atoms with E-state index in [-0.39, 0.29) is 11.8 Å². The minimum Gasteiger partial charge on any atom is -0.340 e. The van der Waals surface area contributed by atoms with Crippen LogP contribution in [-0.4, -0.2) is 34.1 Å². The predicted octanol–water partition coefficient (Wildman–Crippen LogP) is 0.941. The molecule has 1 aliphatic rings. The van der Waals surface area contributed by atoms with Crippen LogP contribution < -0.4 is 0 Å². The van der Waals surface area contributed by atoms with Crippen LogP contribution in [0, 0.1) is 31.1 Å². The second kappa shape index (κ2) is 4.58. The first-order chi connectivity index (χ1) is 8.11. The number of aromatic nitrogens is 2. The van der Waals surface area contributed by atoms with Gasteiger partial charge in [0.25, 0.3) is 0 Å². The standard InChI is InChI=1S/C12H16N4O/c1-8-9(2)14-15-11(8)3-4-12(17)16-6-10(5-13)7-16/h10H,3-4,6-7H2,1-2H3,(H,14,15). The summed E-state index contributed by atoms with van der Waals surface area (Å²) in [6, 6.07) is 2.16. The lowest BCUT2D eigenvalue weighted by Crippen LogP contribution is -2.49. The van der Waals surface area contributed by atoms with Crippen molar-refractivity contribution in [2.45, 2.75) is 26.7 Å². The maximum atomic E-state index is 11.8. The van der Waals surface area contributed by atoms with Gasteiger partial charge in [-0.25, -0.2) is 0 Å². The topological polar surface area (TPSA) is 72.8 Å². The van der Waals surface area contributed by atoms with Crippen LogP contribution in [0.4, 0.5) is 0 Å². The summed E-state index contributed by atoms with van der Waals surface area (Å²) in [6.07, 6.45) is 1.14. The van der Waals surface area contributed by atoms with Crippen LogP contribution in [0.3, 0.4) is 0 Å². The van der Waals surface area contributed by atoms with E-state index in [2.05, 4.69) is 16.3 Å². The Kier molecular flexibility index (Phi) is 3.14. The summed E-state index contributed by atoms with van der Waals surface area (Å²) in [5, 5.41) is 15.7. The lowest BCUT2D eigenvalue weighted by molar-refractivity contribution is -0.136. The van der Waals surface area contributed by atoms with Crippen molar-refractivity contribution in [3.8, 4) is 6.07 Å². The van der Waals surface area contributed by atoms with Gasteiger partial charge in [0.1, 0.15) is 0 Å². The van der Waals surface area contributed by atoms with Crippen molar-refractivity contribution in [3.05, 3.63) is 17.0 Å². The Balaban J connectivity index is 1.82. The lowest BCUT2D eigenvalue weighted by atomic mass is 10.0. The molecule has 0 saturated carbocycles. The lowest BCUT2D eigenvalue weighted by Gasteiger charge is -2.35. The quantitative estimate of drug-likeness (QED) is 0.843. The summed E-state index contributed by atoms with van der Waals surface area (Å²) in [5.74, 6) is 0.157. The molecule has 0 bridgehead atoms. The molecule has 1 N–H and O–H groups in total. The van der Waals surface area contributed by atoms with Gasteiger partial charge in [0.05, 0.1) is 17.7 Å². The smallest absolute Gasteiger partial charge is 0.223 e. The summed E-state index contributed by atoms with van der Waals surface area (Å²) in [5.41, 5.74) is 3.16. The zero-order valence-corrected chi connectivity index (χ0v) is 10.2. The summed E-state index contributed by atoms with van der Waals surface area (Å²) in [4.78, 5) is 13.5. The van der Waals surface area contributed by atoms with Crippen molar-refractivity contribution < 1.29 is 4.79 Å². The van der Waals surface area contributed by atoms with Crippen LogP contribution in [0.5, 0.6) is 0 Å². The molecule has 1 fully saturated rings. The van der Waals surface area contributed by atoms with Gasteiger partial charge in [-0.05, 0) is 19.4 Å². The molecule has 1 saturated heterocycles. The molecule has 90 valence electrons. The first-order valence-electron chi connectivity index (χ1n) is 5.79. The van der Waals surface area contributed by atoms with Gasteiger partial charge >= 0.3 is 0 Å². The number of carbonyl (C=O) groups is 1. The third kappa shape index (κ3) is 2.31. The molecule has 0 spiro atoms. The number of carbonyl (C=O) groups excluding carboxylic acids is 1. The fraction of sp³-hybridized carbons (Fsp3) is 0.583. The molecule has 17 heavy (non-hydrogen) atoms. The number of aromatic amines is 1.